The fourth-order valence-corrected chi connectivity index (χ4v) is 3.40. The Hall–Kier alpha value is -4.80. The van der Waals surface area contributed by atoms with Gasteiger partial charge < -0.3 is 10.1 Å². The minimum atomic E-state index is -0.516. The zero-order chi connectivity index (χ0) is 23.7. The summed E-state index contributed by atoms with van der Waals surface area (Å²) in [7, 11) is 0. The van der Waals surface area contributed by atoms with E-state index in [1.54, 1.807) is 49.4 Å². The molecule has 34 heavy (non-hydrogen) atoms. The van der Waals surface area contributed by atoms with Crippen LogP contribution >= 0.6 is 0 Å². The Labute approximate surface area is 191 Å². The van der Waals surface area contributed by atoms with E-state index < -0.39 is 17.3 Å². The van der Waals surface area contributed by atoms with Gasteiger partial charge in [-0.2, -0.15) is 19.9 Å². The van der Waals surface area contributed by atoms with Crippen molar-refractivity contribution in [2.24, 2.45) is 0 Å². The van der Waals surface area contributed by atoms with Crippen LogP contribution in [0, 0.1) is 12.7 Å². The summed E-state index contributed by atoms with van der Waals surface area (Å²) in [4.78, 5) is 32.3. The summed E-state index contributed by atoms with van der Waals surface area (Å²) >= 11 is 0. The molecular formula is C23H18FN7O3. The van der Waals surface area contributed by atoms with Gasteiger partial charge in [-0.15, -0.1) is 0 Å². The molecule has 0 aliphatic rings. The molecular weight excluding hydrogens is 441 g/mol. The van der Waals surface area contributed by atoms with Crippen molar-refractivity contribution >= 4 is 22.8 Å². The van der Waals surface area contributed by atoms with Crippen LogP contribution < -0.4 is 15.6 Å². The molecule has 5 aromatic rings. The molecule has 0 aliphatic heterocycles. The number of carbonyl (C=O) groups is 1. The van der Waals surface area contributed by atoms with Crippen molar-refractivity contribution in [2.45, 2.75) is 6.92 Å². The van der Waals surface area contributed by atoms with Crippen LogP contribution in [-0.4, -0.2) is 42.0 Å². The van der Waals surface area contributed by atoms with Crippen molar-refractivity contribution in [3.05, 3.63) is 88.7 Å². The minimum Gasteiger partial charge on any atom is -0.484 e. The Morgan fingerprint density at radius 2 is 1.88 bits per heavy atom. The van der Waals surface area contributed by atoms with E-state index in [0.717, 1.165) is 0 Å². The first-order chi connectivity index (χ1) is 16.5. The number of H-pyrrole nitrogens is 1. The van der Waals surface area contributed by atoms with Crippen LogP contribution in [0.2, 0.25) is 0 Å². The number of carbonyl (C=O) groups excluding carboxylic acids is 1. The third-order valence-corrected chi connectivity index (χ3v) is 4.92. The average molecular weight is 459 g/mol. The van der Waals surface area contributed by atoms with Crippen molar-refractivity contribution in [2.75, 3.05) is 11.9 Å². The maximum atomic E-state index is 14.4. The highest BCUT2D eigenvalue weighted by Crippen LogP contribution is 2.19. The van der Waals surface area contributed by atoms with Crippen LogP contribution in [0.15, 0.2) is 71.7 Å². The molecule has 0 aliphatic carbocycles. The molecule has 10 nitrogen and oxygen atoms in total. The molecule has 170 valence electrons. The lowest BCUT2D eigenvalue weighted by Crippen LogP contribution is -2.23. The van der Waals surface area contributed by atoms with Gasteiger partial charge in [-0.3, -0.25) is 14.6 Å². The molecule has 1 amide bonds. The van der Waals surface area contributed by atoms with Crippen LogP contribution in [0.1, 0.15) is 5.69 Å². The second kappa shape index (κ2) is 8.62. The number of aryl methyl sites for hydroxylation is 1. The first-order valence-electron chi connectivity index (χ1n) is 10.3. The Bertz CT molecular complexity index is 1560. The Morgan fingerprint density at radius 3 is 2.68 bits per heavy atom. The molecule has 0 atom stereocenters. The van der Waals surface area contributed by atoms with Gasteiger partial charge in [-0.05, 0) is 31.2 Å². The monoisotopic (exact) mass is 459 g/mol. The van der Waals surface area contributed by atoms with Gasteiger partial charge in [-0.25, -0.2) is 9.07 Å². The lowest BCUT2D eigenvalue weighted by Gasteiger charge is -2.10. The Kier molecular flexibility index (Phi) is 5.34. The molecule has 2 N–H and O–H groups in total. The van der Waals surface area contributed by atoms with E-state index in [1.807, 2.05) is 6.07 Å². The summed E-state index contributed by atoms with van der Waals surface area (Å²) in [5, 5.41) is 11.3. The number of aromatic nitrogens is 6. The van der Waals surface area contributed by atoms with Gasteiger partial charge in [0, 0.05) is 6.07 Å². The number of hydrogen-bond acceptors (Lipinski definition) is 6. The number of amides is 1. The molecule has 0 unspecified atom stereocenters. The van der Waals surface area contributed by atoms with Gasteiger partial charge >= 0.3 is 0 Å². The minimum absolute atomic E-state index is 0.0305. The number of hydrogen-bond donors (Lipinski definition) is 2. The van der Waals surface area contributed by atoms with Crippen molar-refractivity contribution in [1.29, 1.82) is 0 Å². The highest BCUT2D eigenvalue weighted by Gasteiger charge is 2.18. The third-order valence-electron chi connectivity index (χ3n) is 4.92. The fourth-order valence-electron chi connectivity index (χ4n) is 3.40. The van der Waals surface area contributed by atoms with Crippen LogP contribution in [-0.2, 0) is 4.79 Å². The standard InChI is InChI=1S/C23H18FN7O3/c1-14-11-19(26-20(32)13-34-15-7-3-2-4-8-15)31(29-14)23-27-21-16(22(33)28-23)12-25-30(21)18-10-6-5-9-17(18)24/h2-12H,13H2,1H3,(H,26,32)(H,27,28,33). The van der Waals surface area contributed by atoms with E-state index in [9.17, 15) is 14.0 Å². The van der Waals surface area contributed by atoms with Gasteiger partial charge in [0.15, 0.2) is 12.3 Å². The molecule has 11 heteroatoms. The SMILES string of the molecule is Cc1cc(NC(=O)COc2ccccc2)n(-c2nc3c(cnn3-c3ccccc3F)c(=O)[nH]2)n1. The number of fused-ring (bicyclic) bond motifs is 1. The van der Waals surface area contributed by atoms with E-state index in [4.69, 9.17) is 4.74 Å². The highest BCUT2D eigenvalue weighted by atomic mass is 19.1. The van der Waals surface area contributed by atoms with Gasteiger partial charge in [0.1, 0.15) is 28.5 Å². The zero-order valence-electron chi connectivity index (χ0n) is 17.9. The van der Waals surface area contributed by atoms with E-state index >= 15 is 0 Å². The highest BCUT2D eigenvalue weighted by molar-refractivity contribution is 5.91. The summed E-state index contributed by atoms with van der Waals surface area (Å²) in [5.74, 6) is -0.0796. The molecule has 2 aromatic carbocycles. The first-order valence-corrected chi connectivity index (χ1v) is 10.3. The Morgan fingerprint density at radius 1 is 1.12 bits per heavy atom. The molecule has 0 saturated heterocycles. The summed E-state index contributed by atoms with van der Waals surface area (Å²) in [5.41, 5.74) is 0.372. The molecule has 0 bridgehead atoms. The molecule has 3 aromatic heterocycles. The molecule has 0 saturated carbocycles. The smallest absolute Gasteiger partial charge is 0.263 e. The zero-order valence-corrected chi connectivity index (χ0v) is 17.9. The summed E-state index contributed by atoms with van der Waals surface area (Å²) in [6, 6.07) is 16.6. The van der Waals surface area contributed by atoms with Crippen molar-refractivity contribution in [1.82, 2.24) is 29.5 Å². The second-order valence-corrected chi connectivity index (χ2v) is 7.37. The number of benzene rings is 2. The van der Waals surface area contributed by atoms with Crippen molar-refractivity contribution < 1.29 is 13.9 Å². The maximum Gasteiger partial charge on any atom is 0.263 e. The predicted octanol–water partition coefficient (Wildman–Crippen LogP) is 2.76. The average Bonchev–Trinajstić information content (AvgIpc) is 3.42. The predicted molar refractivity (Wildman–Crippen MR) is 122 cm³/mol. The largest absolute Gasteiger partial charge is 0.484 e. The number of rotatable bonds is 6. The summed E-state index contributed by atoms with van der Waals surface area (Å²) in [6.07, 6.45) is 1.31. The molecule has 3 heterocycles. The van der Waals surface area contributed by atoms with Crippen molar-refractivity contribution in [3.63, 3.8) is 0 Å². The van der Waals surface area contributed by atoms with E-state index in [-0.39, 0.29) is 35.1 Å². The second-order valence-electron chi connectivity index (χ2n) is 7.37. The normalized spacial score (nSPS) is 11.0. The van der Waals surface area contributed by atoms with Crippen molar-refractivity contribution in [3.8, 4) is 17.4 Å². The fraction of sp³-hybridized carbons (Fsp3) is 0.0870. The lowest BCUT2D eigenvalue weighted by molar-refractivity contribution is -0.118. The quantitative estimate of drug-likeness (QED) is 0.403. The van der Waals surface area contributed by atoms with Gasteiger partial charge in [0.2, 0.25) is 5.95 Å². The van der Waals surface area contributed by atoms with E-state index in [1.165, 1.54) is 27.7 Å². The van der Waals surface area contributed by atoms with Crippen LogP contribution in [0.3, 0.4) is 0 Å². The molecule has 0 fully saturated rings. The van der Waals surface area contributed by atoms with Gasteiger partial charge in [0.25, 0.3) is 11.5 Å². The van der Waals surface area contributed by atoms with Crippen LogP contribution in [0.4, 0.5) is 10.2 Å². The number of nitrogens with zero attached hydrogens (tertiary/aromatic N) is 5. The number of nitrogens with one attached hydrogen (secondary N) is 2. The molecule has 5 rings (SSSR count). The molecule has 0 spiro atoms. The Balaban J connectivity index is 1.48. The maximum absolute atomic E-state index is 14.4. The third kappa shape index (κ3) is 4.01. The first kappa shape index (κ1) is 21.1. The topological polar surface area (TPSA) is 120 Å². The molecule has 0 radical (unpaired) electrons. The number of para-hydroxylation sites is 2. The number of halogens is 1. The van der Waals surface area contributed by atoms with E-state index in [2.05, 4.69) is 25.5 Å². The van der Waals surface area contributed by atoms with Gasteiger partial charge in [-0.1, -0.05) is 30.3 Å². The summed E-state index contributed by atoms with van der Waals surface area (Å²) < 4.78 is 22.4. The number of aromatic amines is 1. The van der Waals surface area contributed by atoms with E-state index in [0.29, 0.717) is 11.4 Å². The summed E-state index contributed by atoms with van der Waals surface area (Å²) in [6.45, 7) is 1.50. The van der Waals surface area contributed by atoms with Crippen LogP contribution in [0.25, 0.3) is 22.7 Å². The van der Waals surface area contributed by atoms with Crippen LogP contribution in [0.5, 0.6) is 5.75 Å². The van der Waals surface area contributed by atoms with Gasteiger partial charge in [0.05, 0.1) is 11.9 Å². The number of anilines is 1. The lowest BCUT2D eigenvalue weighted by atomic mass is 10.3. The number of ether oxygens (including phenoxy) is 1.